The zero-order valence-corrected chi connectivity index (χ0v) is 8.07. The van der Waals surface area contributed by atoms with E-state index in [0.717, 1.165) is 18.8 Å². The third-order valence-corrected chi connectivity index (χ3v) is 2.79. The Morgan fingerprint density at radius 3 is 3.21 bits per heavy atom. The van der Waals surface area contributed by atoms with Crippen LogP contribution in [0.25, 0.3) is 11.4 Å². The maximum absolute atomic E-state index is 4.31. The molecule has 0 radical (unpaired) electrons. The van der Waals surface area contributed by atoms with Crippen molar-refractivity contribution in [3.63, 3.8) is 0 Å². The minimum absolute atomic E-state index is 0.950. The number of hydrogen-bond acceptors (Lipinski definition) is 2. The minimum Gasteiger partial charge on any atom is -0.245 e. The van der Waals surface area contributed by atoms with Crippen LogP contribution in [0.15, 0.2) is 24.5 Å². The second-order valence-corrected chi connectivity index (χ2v) is 3.67. The van der Waals surface area contributed by atoms with Gasteiger partial charge in [-0.25, -0.2) is 9.67 Å². The number of aryl methyl sites for hydroxylation is 3. The van der Waals surface area contributed by atoms with E-state index >= 15 is 0 Å². The lowest BCUT2D eigenvalue weighted by Gasteiger charge is -2.18. The molecule has 1 aromatic carbocycles. The quantitative estimate of drug-likeness (QED) is 0.626. The highest BCUT2D eigenvalue weighted by atomic mass is 15.3. The number of hydrogen-bond donors (Lipinski definition) is 0. The molecule has 3 heteroatoms. The van der Waals surface area contributed by atoms with Gasteiger partial charge in [0.15, 0.2) is 5.82 Å². The van der Waals surface area contributed by atoms with Crippen molar-refractivity contribution < 1.29 is 0 Å². The van der Waals surface area contributed by atoms with E-state index in [1.165, 1.54) is 16.7 Å². The van der Waals surface area contributed by atoms with Gasteiger partial charge >= 0.3 is 0 Å². The summed E-state index contributed by atoms with van der Waals surface area (Å²) < 4.78 is 1.98. The normalized spacial score (nSPS) is 13.5. The fraction of sp³-hybridized carbons (Fsp3) is 0.273. The van der Waals surface area contributed by atoms with Crippen molar-refractivity contribution in [3.8, 4) is 11.4 Å². The average molecular weight is 185 g/mol. The Labute approximate surface area is 82.4 Å². The summed E-state index contributed by atoms with van der Waals surface area (Å²) in [5.41, 5.74) is 3.96. The van der Waals surface area contributed by atoms with Gasteiger partial charge in [0.25, 0.3) is 0 Å². The van der Waals surface area contributed by atoms with Gasteiger partial charge in [0.2, 0.25) is 0 Å². The van der Waals surface area contributed by atoms with Gasteiger partial charge in [0.1, 0.15) is 6.33 Å². The summed E-state index contributed by atoms with van der Waals surface area (Å²) in [5, 5.41) is 4.20. The molecular formula is C11H11N3. The van der Waals surface area contributed by atoms with Crippen molar-refractivity contribution >= 4 is 0 Å². The molecule has 3 nitrogen and oxygen atoms in total. The number of nitrogens with zero attached hydrogens (tertiary/aromatic N) is 3. The summed E-state index contributed by atoms with van der Waals surface area (Å²) in [5.74, 6) is 1.02. The first-order valence-electron chi connectivity index (χ1n) is 4.83. The van der Waals surface area contributed by atoms with Crippen LogP contribution < -0.4 is 0 Å². The van der Waals surface area contributed by atoms with Crippen LogP contribution in [0.5, 0.6) is 0 Å². The summed E-state index contributed by atoms with van der Waals surface area (Å²) in [6, 6.07) is 6.42. The van der Waals surface area contributed by atoms with E-state index < -0.39 is 0 Å². The van der Waals surface area contributed by atoms with E-state index in [9.17, 15) is 0 Å². The smallest absolute Gasteiger partial charge is 0.158 e. The molecule has 1 aromatic heterocycles. The van der Waals surface area contributed by atoms with E-state index in [0.29, 0.717) is 0 Å². The number of benzene rings is 1. The third kappa shape index (κ3) is 0.923. The van der Waals surface area contributed by atoms with E-state index in [1.807, 2.05) is 4.68 Å². The van der Waals surface area contributed by atoms with E-state index in [-0.39, 0.29) is 0 Å². The summed E-state index contributed by atoms with van der Waals surface area (Å²) in [4.78, 5) is 4.31. The van der Waals surface area contributed by atoms with E-state index in [1.54, 1.807) is 6.33 Å². The van der Waals surface area contributed by atoms with Crippen LogP contribution in [-0.2, 0) is 13.0 Å². The number of rotatable bonds is 0. The van der Waals surface area contributed by atoms with Crippen molar-refractivity contribution in [1.82, 2.24) is 14.8 Å². The molecule has 0 spiro atoms. The lowest BCUT2D eigenvalue weighted by Crippen LogP contribution is -2.13. The second kappa shape index (κ2) is 2.67. The standard InChI is InChI=1S/C11H11N3/c1-8-3-2-4-9-5-6-14-11(10(8)9)12-7-13-14/h2-4,7H,5-6H2,1H3. The molecule has 0 aliphatic carbocycles. The largest absolute Gasteiger partial charge is 0.245 e. The fourth-order valence-electron chi connectivity index (χ4n) is 2.10. The van der Waals surface area contributed by atoms with Gasteiger partial charge in [0, 0.05) is 12.1 Å². The highest BCUT2D eigenvalue weighted by molar-refractivity contribution is 5.66. The fourth-order valence-corrected chi connectivity index (χ4v) is 2.10. The van der Waals surface area contributed by atoms with Crippen LogP contribution >= 0.6 is 0 Å². The third-order valence-electron chi connectivity index (χ3n) is 2.79. The van der Waals surface area contributed by atoms with Gasteiger partial charge in [-0.15, -0.1) is 0 Å². The Morgan fingerprint density at radius 2 is 2.29 bits per heavy atom. The number of aromatic nitrogens is 3. The van der Waals surface area contributed by atoms with Crippen molar-refractivity contribution in [1.29, 1.82) is 0 Å². The summed E-state index contributed by atoms with van der Waals surface area (Å²) in [6.07, 6.45) is 2.70. The molecule has 0 unspecified atom stereocenters. The maximum atomic E-state index is 4.31. The van der Waals surface area contributed by atoms with Crippen molar-refractivity contribution in [2.75, 3.05) is 0 Å². The Hall–Kier alpha value is -1.64. The molecule has 14 heavy (non-hydrogen) atoms. The van der Waals surface area contributed by atoms with Gasteiger partial charge in [-0.3, -0.25) is 0 Å². The Bertz CT molecular complexity index is 485. The molecule has 0 amide bonds. The Balaban J connectivity index is 2.34. The molecule has 3 rings (SSSR count). The molecular weight excluding hydrogens is 174 g/mol. The van der Waals surface area contributed by atoms with Crippen LogP contribution in [0.4, 0.5) is 0 Å². The molecule has 0 saturated carbocycles. The first kappa shape index (κ1) is 7.74. The van der Waals surface area contributed by atoms with Crippen LogP contribution in [-0.4, -0.2) is 14.8 Å². The van der Waals surface area contributed by atoms with Gasteiger partial charge in [-0.05, 0) is 24.5 Å². The molecule has 1 aliphatic rings. The van der Waals surface area contributed by atoms with Gasteiger partial charge < -0.3 is 0 Å². The lowest BCUT2D eigenvalue weighted by molar-refractivity contribution is 0.605. The van der Waals surface area contributed by atoms with Crippen molar-refractivity contribution in [3.05, 3.63) is 35.7 Å². The Morgan fingerprint density at radius 1 is 1.36 bits per heavy atom. The predicted octanol–water partition coefficient (Wildman–Crippen LogP) is 1.81. The van der Waals surface area contributed by atoms with Gasteiger partial charge in [0.05, 0.1) is 0 Å². The molecule has 0 N–H and O–H groups in total. The molecule has 0 saturated heterocycles. The molecule has 0 fully saturated rings. The molecule has 0 atom stereocenters. The minimum atomic E-state index is 0.950. The van der Waals surface area contributed by atoms with Gasteiger partial charge in [-0.1, -0.05) is 18.2 Å². The Kier molecular flexibility index (Phi) is 1.48. The van der Waals surface area contributed by atoms with Crippen molar-refractivity contribution in [2.45, 2.75) is 19.9 Å². The zero-order valence-electron chi connectivity index (χ0n) is 8.07. The SMILES string of the molecule is Cc1cccc2c1-c1ncnn1CC2. The van der Waals surface area contributed by atoms with Crippen LogP contribution in [0.1, 0.15) is 11.1 Å². The topological polar surface area (TPSA) is 30.7 Å². The van der Waals surface area contributed by atoms with Crippen LogP contribution in [0, 0.1) is 6.92 Å². The highest BCUT2D eigenvalue weighted by Gasteiger charge is 2.18. The monoisotopic (exact) mass is 185 g/mol. The molecule has 0 bridgehead atoms. The molecule has 2 heterocycles. The lowest BCUT2D eigenvalue weighted by atomic mass is 9.97. The first-order valence-corrected chi connectivity index (χ1v) is 4.83. The summed E-state index contributed by atoms with van der Waals surface area (Å²) in [7, 11) is 0. The maximum Gasteiger partial charge on any atom is 0.158 e. The molecule has 70 valence electrons. The predicted molar refractivity (Wildman–Crippen MR) is 53.9 cm³/mol. The summed E-state index contributed by atoms with van der Waals surface area (Å²) >= 11 is 0. The van der Waals surface area contributed by atoms with E-state index in [2.05, 4.69) is 35.2 Å². The van der Waals surface area contributed by atoms with Crippen LogP contribution in [0.3, 0.4) is 0 Å². The van der Waals surface area contributed by atoms with Crippen molar-refractivity contribution in [2.24, 2.45) is 0 Å². The highest BCUT2D eigenvalue weighted by Crippen LogP contribution is 2.29. The average Bonchev–Trinajstić information content (AvgIpc) is 2.65. The van der Waals surface area contributed by atoms with E-state index in [4.69, 9.17) is 0 Å². The molecule has 1 aliphatic heterocycles. The first-order chi connectivity index (χ1) is 6.86. The number of fused-ring (bicyclic) bond motifs is 3. The van der Waals surface area contributed by atoms with Gasteiger partial charge in [-0.2, -0.15) is 5.10 Å². The zero-order chi connectivity index (χ0) is 9.54. The summed E-state index contributed by atoms with van der Waals surface area (Å²) in [6.45, 7) is 3.08. The van der Waals surface area contributed by atoms with Crippen LogP contribution in [0.2, 0.25) is 0 Å². The molecule has 2 aromatic rings. The second-order valence-electron chi connectivity index (χ2n) is 3.67.